The average molecular weight is 264 g/mol. The van der Waals surface area contributed by atoms with E-state index in [1.165, 1.54) is 12.8 Å². The van der Waals surface area contributed by atoms with Crippen LogP contribution in [0.4, 0.5) is 11.6 Å². The summed E-state index contributed by atoms with van der Waals surface area (Å²) in [5.74, 6) is 1.79. The van der Waals surface area contributed by atoms with Crippen LogP contribution in [0.25, 0.3) is 0 Å². The predicted molar refractivity (Wildman–Crippen MR) is 77.5 cm³/mol. The quantitative estimate of drug-likeness (QED) is 0.717. The molecule has 0 amide bonds. The molecule has 0 aromatic carbocycles. The van der Waals surface area contributed by atoms with Gasteiger partial charge in [-0.25, -0.2) is 9.97 Å². The standard InChI is InChI=1S/C14H24N4O/c1-3-7-15-12-9-13(18-11-17-12)16-10-14(4-5-14)6-8-19-2/h9,11H,3-8,10H2,1-2H3,(H2,15,16,17,18). The fraction of sp³-hybridized carbons (Fsp3) is 0.714. The Morgan fingerprint density at radius 2 is 2.00 bits per heavy atom. The molecular weight excluding hydrogens is 240 g/mol. The molecule has 5 heteroatoms. The van der Waals surface area contributed by atoms with E-state index >= 15 is 0 Å². The van der Waals surface area contributed by atoms with E-state index in [9.17, 15) is 0 Å². The fourth-order valence-corrected chi connectivity index (χ4v) is 2.09. The van der Waals surface area contributed by atoms with Crippen LogP contribution >= 0.6 is 0 Å². The lowest BCUT2D eigenvalue weighted by atomic mass is 10.0. The van der Waals surface area contributed by atoms with Gasteiger partial charge in [0.2, 0.25) is 0 Å². The Kier molecular flexibility index (Phi) is 4.96. The van der Waals surface area contributed by atoms with Gasteiger partial charge in [0.15, 0.2) is 0 Å². The van der Waals surface area contributed by atoms with E-state index in [4.69, 9.17) is 4.74 Å². The molecule has 2 N–H and O–H groups in total. The Morgan fingerprint density at radius 3 is 2.63 bits per heavy atom. The maximum Gasteiger partial charge on any atom is 0.131 e. The highest BCUT2D eigenvalue weighted by Gasteiger charge is 2.41. The van der Waals surface area contributed by atoms with Crippen LogP contribution in [0.15, 0.2) is 12.4 Å². The largest absolute Gasteiger partial charge is 0.385 e. The molecule has 1 aromatic heterocycles. The molecule has 0 aliphatic heterocycles. The van der Waals surface area contributed by atoms with E-state index in [1.807, 2.05) is 6.07 Å². The van der Waals surface area contributed by atoms with Crippen LogP contribution in [-0.4, -0.2) is 36.8 Å². The van der Waals surface area contributed by atoms with Crippen molar-refractivity contribution < 1.29 is 4.74 Å². The van der Waals surface area contributed by atoms with E-state index < -0.39 is 0 Å². The molecule has 0 radical (unpaired) electrons. The zero-order chi connectivity index (χ0) is 13.6. The Morgan fingerprint density at radius 1 is 1.26 bits per heavy atom. The van der Waals surface area contributed by atoms with Crippen LogP contribution in [0.1, 0.15) is 32.6 Å². The number of rotatable bonds is 9. The van der Waals surface area contributed by atoms with Gasteiger partial charge in [0, 0.05) is 32.9 Å². The fourth-order valence-electron chi connectivity index (χ4n) is 2.09. The van der Waals surface area contributed by atoms with E-state index in [1.54, 1.807) is 13.4 Å². The van der Waals surface area contributed by atoms with Gasteiger partial charge in [0.25, 0.3) is 0 Å². The van der Waals surface area contributed by atoms with Crippen LogP contribution in [0, 0.1) is 5.41 Å². The van der Waals surface area contributed by atoms with Crippen molar-refractivity contribution in [3.63, 3.8) is 0 Å². The maximum atomic E-state index is 5.17. The van der Waals surface area contributed by atoms with Crippen LogP contribution in [0.5, 0.6) is 0 Å². The smallest absolute Gasteiger partial charge is 0.131 e. The van der Waals surface area contributed by atoms with Crippen molar-refractivity contribution in [2.45, 2.75) is 32.6 Å². The first-order chi connectivity index (χ1) is 9.28. The SMILES string of the molecule is CCCNc1cc(NCC2(CCOC)CC2)ncn1. The minimum atomic E-state index is 0.429. The normalized spacial score (nSPS) is 16.1. The lowest BCUT2D eigenvalue weighted by molar-refractivity contribution is 0.175. The molecule has 1 aromatic rings. The van der Waals surface area contributed by atoms with Crippen LogP contribution in [-0.2, 0) is 4.74 Å². The molecule has 0 unspecified atom stereocenters. The predicted octanol–water partition coefficient (Wildman–Crippen LogP) is 2.53. The first kappa shape index (κ1) is 14.1. The molecule has 106 valence electrons. The highest BCUT2D eigenvalue weighted by molar-refractivity contribution is 5.46. The van der Waals surface area contributed by atoms with Crippen molar-refractivity contribution in [2.24, 2.45) is 5.41 Å². The lowest BCUT2D eigenvalue weighted by Crippen LogP contribution is -2.18. The van der Waals surface area contributed by atoms with Gasteiger partial charge in [-0.3, -0.25) is 0 Å². The number of methoxy groups -OCH3 is 1. The highest BCUT2D eigenvalue weighted by Crippen LogP contribution is 2.48. The third-order valence-corrected chi connectivity index (χ3v) is 3.66. The lowest BCUT2D eigenvalue weighted by Gasteiger charge is -2.16. The van der Waals surface area contributed by atoms with Crippen molar-refractivity contribution in [3.05, 3.63) is 12.4 Å². The molecule has 1 heterocycles. The van der Waals surface area contributed by atoms with Gasteiger partial charge in [0.1, 0.15) is 18.0 Å². The molecule has 1 aliphatic carbocycles. The molecule has 0 bridgehead atoms. The average Bonchev–Trinajstić information content (AvgIpc) is 3.22. The van der Waals surface area contributed by atoms with Crippen molar-refractivity contribution in [3.8, 4) is 0 Å². The Labute approximate surface area is 115 Å². The van der Waals surface area contributed by atoms with Gasteiger partial charge in [0.05, 0.1) is 0 Å². The van der Waals surface area contributed by atoms with Gasteiger partial charge < -0.3 is 15.4 Å². The van der Waals surface area contributed by atoms with Gasteiger partial charge in [-0.15, -0.1) is 0 Å². The molecule has 1 fully saturated rings. The van der Waals surface area contributed by atoms with Crippen molar-refractivity contribution in [1.29, 1.82) is 0 Å². The molecule has 1 aliphatic rings. The maximum absolute atomic E-state index is 5.17. The van der Waals surface area contributed by atoms with Gasteiger partial charge in [-0.1, -0.05) is 6.92 Å². The number of hydrogen-bond donors (Lipinski definition) is 2. The summed E-state index contributed by atoms with van der Waals surface area (Å²) < 4.78 is 5.17. The molecule has 19 heavy (non-hydrogen) atoms. The van der Waals surface area contributed by atoms with Crippen molar-refractivity contribution >= 4 is 11.6 Å². The van der Waals surface area contributed by atoms with E-state index in [2.05, 4.69) is 27.5 Å². The number of nitrogens with zero attached hydrogens (tertiary/aromatic N) is 2. The zero-order valence-corrected chi connectivity index (χ0v) is 11.9. The summed E-state index contributed by atoms with van der Waals surface area (Å²) in [4.78, 5) is 8.47. The van der Waals surface area contributed by atoms with Crippen LogP contribution in [0.3, 0.4) is 0 Å². The summed E-state index contributed by atoms with van der Waals surface area (Å²) in [6.07, 6.45) is 6.40. The summed E-state index contributed by atoms with van der Waals surface area (Å²) >= 11 is 0. The van der Waals surface area contributed by atoms with Crippen LogP contribution in [0.2, 0.25) is 0 Å². The van der Waals surface area contributed by atoms with E-state index in [-0.39, 0.29) is 0 Å². The molecule has 0 spiro atoms. The van der Waals surface area contributed by atoms with Crippen LogP contribution < -0.4 is 10.6 Å². The third-order valence-electron chi connectivity index (χ3n) is 3.66. The topological polar surface area (TPSA) is 59.1 Å². The molecule has 2 rings (SSSR count). The molecular formula is C14H24N4O. The summed E-state index contributed by atoms with van der Waals surface area (Å²) in [5.41, 5.74) is 0.429. The third kappa shape index (κ3) is 4.35. The van der Waals surface area contributed by atoms with E-state index in [0.29, 0.717) is 5.41 Å². The second-order valence-electron chi connectivity index (χ2n) is 5.31. The van der Waals surface area contributed by atoms with Gasteiger partial charge in [-0.2, -0.15) is 0 Å². The summed E-state index contributed by atoms with van der Waals surface area (Å²) in [6, 6.07) is 1.97. The Balaban J connectivity index is 1.82. The summed E-state index contributed by atoms with van der Waals surface area (Å²) in [6.45, 7) is 4.89. The number of ether oxygens (including phenoxy) is 1. The zero-order valence-electron chi connectivity index (χ0n) is 11.9. The number of anilines is 2. The molecule has 0 saturated heterocycles. The minimum Gasteiger partial charge on any atom is -0.385 e. The Hall–Kier alpha value is -1.36. The van der Waals surface area contributed by atoms with Gasteiger partial charge in [-0.05, 0) is 31.1 Å². The molecule has 5 nitrogen and oxygen atoms in total. The molecule has 0 atom stereocenters. The second kappa shape index (κ2) is 6.70. The summed E-state index contributed by atoms with van der Waals surface area (Å²) in [5, 5.41) is 6.70. The summed E-state index contributed by atoms with van der Waals surface area (Å²) in [7, 11) is 1.76. The van der Waals surface area contributed by atoms with E-state index in [0.717, 1.165) is 44.2 Å². The molecule has 1 saturated carbocycles. The number of aromatic nitrogens is 2. The second-order valence-corrected chi connectivity index (χ2v) is 5.31. The first-order valence-electron chi connectivity index (χ1n) is 7.07. The Bertz CT molecular complexity index is 393. The number of nitrogens with one attached hydrogen (secondary N) is 2. The van der Waals surface area contributed by atoms with Crippen molar-refractivity contribution in [1.82, 2.24) is 9.97 Å². The van der Waals surface area contributed by atoms with Gasteiger partial charge >= 0.3 is 0 Å². The number of hydrogen-bond acceptors (Lipinski definition) is 5. The van der Waals surface area contributed by atoms with Crippen molar-refractivity contribution in [2.75, 3.05) is 37.4 Å². The monoisotopic (exact) mass is 264 g/mol. The first-order valence-corrected chi connectivity index (χ1v) is 7.07. The minimum absolute atomic E-state index is 0.429. The highest BCUT2D eigenvalue weighted by atomic mass is 16.5.